The lowest BCUT2D eigenvalue weighted by Gasteiger charge is -1.89. The van der Waals surface area contributed by atoms with Gasteiger partial charge < -0.3 is 21.1 Å². The van der Waals surface area contributed by atoms with Crippen molar-refractivity contribution in [1.82, 2.24) is 0 Å². The van der Waals surface area contributed by atoms with Gasteiger partial charge in [-0.05, 0) is 12.8 Å². The zero-order valence-corrected chi connectivity index (χ0v) is 6.91. The van der Waals surface area contributed by atoms with Gasteiger partial charge in [0, 0.05) is 0 Å². The maximum absolute atomic E-state index is 8.25. The number of rotatable bonds is 4. The van der Waals surface area contributed by atoms with Crippen molar-refractivity contribution in [3.8, 4) is 0 Å². The molecule has 0 spiro atoms. The molecule has 0 saturated carbocycles. The Kier molecular flexibility index (Phi) is 13.8. The van der Waals surface area contributed by atoms with Gasteiger partial charge >= 0.3 is 0 Å². The summed E-state index contributed by atoms with van der Waals surface area (Å²) in [5, 5.41) is 14.8. The van der Waals surface area contributed by atoms with Gasteiger partial charge in [-0.25, -0.2) is 0 Å². The molecule has 0 fully saturated rings. The summed E-state index contributed by atoms with van der Waals surface area (Å²) in [6.07, 6.45) is 5.41. The molecule has 0 rings (SSSR count). The fourth-order valence-corrected chi connectivity index (χ4v) is 0.604. The summed E-state index contributed by atoms with van der Waals surface area (Å²) < 4.78 is 0. The van der Waals surface area contributed by atoms with Gasteiger partial charge in [-0.2, -0.15) is 0 Å². The molecule has 68 valence electrons. The number of hydrogen-bond acceptors (Lipinski definition) is 3. The lowest BCUT2D eigenvalue weighted by molar-refractivity contribution is -0.402. The van der Waals surface area contributed by atoms with Crippen molar-refractivity contribution in [2.45, 2.75) is 32.6 Å². The lowest BCUT2D eigenvalue weighted by Crippen LogP contribution is -2.50. The van der Waals surface area contributed by atoms with E-state index in [9.17, 15) is 0 Å². The van der Waals surface area contributed by atoms with Gasteiger partial charge in [-0.1, -0.05) is 19.8 Å². The molecule has 3 N–H and O–H groups in total. The largest absolute Gasteiger partial charge is 0.358 e. The lowest BCUT2D eigenvalue weighted by atomic mass is 10.2. The molecular weight excluding hydrogens is 148 g/mol. The predicted molar refractivity (Wildman–Crippen MR) is 42.3 cm³/mol. The van der Waals surface area contributed by atoms with E-state index >= 15 is 0 Å². The highest BCUT2D eigenvalue weighted by molar-refractivity contribution is 4.35. The first-order chi connectivity index (χ1) is 5.15. The highest BCUT2D eigenvalue weighted by atomic mass is 16.9. The smallest absolute Gasteiger partial charge is 0.0739 e. The van der Waals surface area contributed by atoms with E-state index in [1.807, 2.05) is 0 Å². The average molecular weight is 164 g/mol. The Bertz CT molecular complexity index is 79.9. The summed E-state index contributed by atoms with van der Waals surface area (Å²) in [7, 11) is 0. The first kappa shape index (κ1) is 12.8. The van der Waals surface area contributed by atoms with E-state index in [-0.39, 0.29) is 0 Å². The molecule has 0 aliphatic carbocycles. The number of nitrogens with zero attached hydrogens (tertiary/aromatic N) is 1. The molecule has 0 unspecified atom stereocenters. The van der Waals surface area contributed by atoms with Gasteiger partial charge in [-0.3, -0.25) is 0 Å². The zero-order chi connectivity index (χ0) is 9.11. The molecule has 0 bridgehead atoms. The van der Waals surface area contributed by atoms with Crippen molar-refractivity contribution in [3.63, 3.8) is 0 Å². The van der Waals surface area contributed by atoms with E-state index in [4.69, 9.17) is 15.3 Å². The Morgan fingerprint density at radius 1 is 1.27 bits per heavy atom. The second kappa shape index (κ2) is 11.9. The summed E-state index contributed by atoms with van der Waals surface area (Å²) in [4.78, 5) is 8.25. The van der Waals surface area contributed by atoms with Gasteiger partial charge in [0.2, 0.25) is 0 Å². The van der Waals surface area contributed by atoms with Crippen LogP contribution in [0.2, 0.25) is 0 Å². The van der Waals surface area contributed by atoms with Crippen molar-refractivity contribution in [1.29, 1.82) is 0 Å². The third-order valence-electron chi connectivity index (χ3n) is 1.10. The van der Waals surface area contributed by atoms with Crippen LogP contribution in [0.25, 0.3) is 0 Å². The molecule has 0 amide bonds. The van der Waals surface area contributed by atoms with Gasteiger partial charge in [0.25, 0.3) is 0 Å². The molecule has 0 atom stereocenters. The van der Waals surface area contributed by atoms with E-state index < -0.39 is 5.09 Å². The van der Waals surface area contributed by atoms with Crippen molar-refractivity contribution in [2.24, 2.45) is 0 Å². The van der Waals surface area contributed by atoms with Gasteiger partial charge in [0.1, 0.15) is 0 Å². The predicted octanol–water partition coefficient (Wildman–Crippen LogP) is 0.570. The fraction of sp³-hybridized carbons (Fsp3) is 1.00. The maximum Gasteiger partial charge on any atom is 0.0739 e. The molecule has 0 aromatic rings. The van der Waals surface area contributed by atoms with Crippen molar-refractivity contribution in [2.75, 3.05) is 6.54 Å². The van der Waals surface area contributed by atoms with Crippen molar-refractivity contribution in [3.05, 3.63) is 15.3 Å². The van der Waals surface area contributed by atoms with E-state index in [2.05, 4.69) is 12.7 Å². The summed E-state index contributed by atoms with van der Waals surface area (Å²) in [6, 6.07) is 0. The van der Waals surface area contributed by atoms with E-state index in [0.717, 1.165) is 6.54 Å². The van der Waals surface area contributed by atoms with Gasteiger partial charge in [0.05, 0.1) is 11.6 Å². The van der Waals surface area contributed by atoms with Crippen LogP contribution in [0.4, 0.5) is 0 Å². The molecule has 0 aliphatic heterocycles. The van der Waals surface area contributed by atoms with Gasteiger partial charge in [-0.15, -0.1) is 0 Å². The van der Waals surface area contributed by atoms with Crippen LogP contribution in [0.5, 0.6) is 0 Å². The molecule has 0 saturated heterocycles. The Morgan fingerprint density at radius 3 is 2.00 bits per heavy atom. The standard InChI is InChI=1S/C6H15N.NO3/c1-2-3-4-5-6-7;2-1(3)4/h2-7H2,1H3;/q;-1/p+1. The topological polar surface area (TPSA) is 93.8 Å². The Labute approximate surface area is 66.3 Å². The zero-order valence-electron chi connectivity index (χ0n) is 6.91. The average Bonchev–Trinajstić information content (AvgIpc) is 1.88. The normalized spacial score (nSPS) is 8.18. The Hall–Kier alpha value is -0.840. The van der Waals surface area contributed by atoms with Crippen LogP contribution >= 0.6 is 0 Å². The minimum atomic E-state index is -1.75. The highest BCUT2D eigenvalue weighted by Crippen LogP contribution is 1.94. The van der Waals surface area contributed by atoms with E-state index in [1.54, 1.807) is 0 Å². The van der Waals surface area contributed by atoms with Crippen LogP contribution in [0.1, 0.15) is 32.6 Å². The SMILES string of the molecule is CCCCCC[NH3+].O=[N+]([O-])[O-]. The second-order valence-electron chi connectivity index (χ2n) is 2.14. The Balaban J connectivity index is 0. The molecule has 0 heterocycles. The van der Waals surface area contributed by atoms with Crippen molar-refractivity contribution < 1.29 is 10.8 Å². The van der Waals surface area contributed by atoms with E-state index in [0.29, 0.717) is 0 Å². The first-order valence-electron chi connectivity index (χ1n) is 3.75. The monoisotopic (exact) mass is 164 g/mol. The van der Waals surface area contributed by atoms with Crippen LogP contribution in [0.15, 0.2) is 0 Å². The van der Waals surface area contributed by atoms with Crippen LogP contribution in [0, 0.1) is 15.3 Å². The number of hydrogen-bond donors (Lipinski definition) is 1. The molecule has 5 nitrogen and oxygen atoms in total. The van der Waals surface area contributed by atoms with Crippen LogP contribution in [-0.2, 0) is 0 Å². The Morgan fingerprint density at radius 2 is 1.73 bits per heavy atom. The van der Waals surface area contributed by atoms with Crippen molar-refractivity contribution >= 4 is 0 Å². The van der Waals surface area contributed by atoms with Crippen LogP contribution in [-0.4, -0.2) is 11.6 Å². The minimum Gasteiger partial charge on any atom is -0.358 e. The number of unbranched alkanes of at least 4 members (excludes halogenated alkanes) is 3. The number of quaternary nitrogens is 1. The molecule has 0 radical (unpaired) electrons. The van der Waals surface area contributed by atoms with Gasteiger partial charge in [0.15, 0.2) is 0 Å². The summed E-state index contributed by atoms with van der Waals surface area (Å²) >= 11 is 0. The van der Waals surface area contributed by atoms with E-state index in [1.165, 1.54) is 25.7 Å². The quantitative estimate of drug-likeness (QED) is 0.374. The molecule has 0 aromatic carbocycles. The highest BCUT2D eigenvalue weighted by Gasteiger charge is 1.82. The molecule has 11 heavy (non-hydrogen) atoms. The van der Waals surface area contributed by atoms with Crippen LogP contribution < -0.4 is 5.73 Å². The summed E-state index contributed by atoms with van der Waals surface area (Å²) in [5.74, 6) is 0. The minimum absolute atomic E-state index is 1.11. The fourth-order valence-electron chi connectivity index (χ4n) is 0.604. The third kappa shape index (κ3) is 47.0. The maximum atomic E-state index is 8.25. The summed E-state index contributed by atoms with van der Waals surface area (Å²) in [5.41, 5.74) is 3.76. The van der Waals surface area contributed by atoms with Crippen LogP contribution in [0.3, 0.4) is 0 Å². The third-order valence-corrected chi connectivity index (χ3v) is 1.10. The molecule has 5 heteroatoms. The molecule has 0 aliphatic rings. The second-order valence-corrected chi connectivity index (χ2v) is 2.14. The molecular formula is C6H16N2O3. The first-order valence-corrected chi connectivity index (χ1v) is 3.75. The summed E-state index contributed by atoms with van der Waals surface area (Å²) in [6.45, 7) is 3.34. The molecule has 0 aromatic heterocycles.